The second-order valence-corrected chi connectivity index (χ2v) is 5.99. The van der Waals surface area contributed by atoms with Crippen LogP contribution >= 0.6 is 22.7 Å². The molecule has 0 aliphatic heterocycles. The molecule has 0 saturated carbocycles. The number of ether oxygens (including phenoxy) is 1. The SMILES string of the molecule is COc1nccc2c1sc1c(C)c(C)sc12. The van der Waals surface area contributed by atoms with Gasteiger partial charge in [0.2, 0.25) is 5.88 Å². The molecule has 3 aromatic rings. The largest absolute Gasteiger partial charge is 0.480 e. The summed E-state index contributed by atoms with van der Waals surface area (Å²) in [5, 5.41) is 1.27. The normalized spacial score (nSPS) is 11.4. The van der Waals surface area contributed by atoms with Crippen molar-refractivity contribution in [2.24, 2.45) is 0 Å². The average Bonchev–Trinajstić information content (AvgIpc) is 2.78. The number of thiophene rings is 2. The Balaban J connectivity index is 2.52. The van der Waals surface area contributed by atoms with Crippen LogP contribution in [-0.4, -0.2) is 12.1 Å². The molecule has 0 atom stereocenters. The van der Waals surface area contributed by atoms with Crippen LogP contribution in [0.3, 0.4) is 0 Å². The first-order chi connectivity index (χ1) is 7.72. The number of rotatable bonds is 1. The lowest BCUT2D eigenvalue weighted by atomic mass is 10.2. The average molecular weight is 249 g/mol. The Kier molecular flexibility index (Phi) is 2.16. The molecule has 0 saturated heterocycles. The van der Waals surface area contributed by atoms with E-state index in [4.69, 9.17) is 4.74 Å². The molecule has 0 aliphatic carbocycles. The second kappa shape index (κ2) is 3.43. The Bertz CT molecular complexity index is 681. The van der Waals surface area contributed by atoms with Crippen molar-refractivity contribution in [3.63, 3.8) is 0 Å². The summed E-state index contributed by atoms with van der Waals surface area (Å²) in [6, 6.07) is 2.08. The predicted molar refractivity (Wildman–Crippen MR) is 71.0 cm³/mol. The third kappa shape index (κ3) is 1.20. The summed E-state index contributed by atoms with van der Waals surface area (Å²) in [5.74, 6) is 0.739. The van der Waals surface area contributed by atoms with Crippen molar-refractivity contribution >= 4 is 42.2 Å². The van der Waals surface area contributed by atoms with Crippen molar-refractivity contribution in [1.82, 2.24) is 4.98 Å². The fourth-order valence-corrected chi connectivity index (χ4v) is 4.54. The first kappa shape index (κ1) is 10.1. The van der Waals surface area contributed by atoms with Gasteiger partial charge in [0.1, 0.15) is 0 Å². The molecule has 0 aromatic carbocycles. The van der Waals surface area contributed by atoms with Crippen LogP contribution in [0.4, 0.5) is 0 Å². The van der Waals surface area contributed by atoms with Gasteiger partial charge in [0.15, 0.2) is 0 Å². The van der Waals surface area contributed by atoms with Crippen LogP contribution in [0.2, 0.25) is 0 Å². The number of hydrogen-bond acceptors (Lipinski definition) is 4. The van der Waals surface area contributed by atoms with E-state index in [-0.39, 0.29) is 0 Å². The van der Waals surface area contributed by atoms with E-state index in [0.29, 0.717) is 0 Å². The molecule has 3 rings (SSSR count). The maximum absolute atomic E-state index is 5.30. The van der Waals surface area contributed by atoms with Gasteiger partial charge < -0.3 is 4.74 Å². The number of pyridine rings is 1. The molecule has 4 heteroatoms. The van der Waals surface area contributed by atoms with Crippen molar-refractivity contribution in [3.05, 3.63) is 22.7 Å². The van der Waals surface area contributed by atoms with Gasteiger partial charge in [-0.25, -0.2) is 4.98 Å². The van der Waals surface area contributed by atoms with Crippen LogP contribution in [0.15, 0.2) is 12.3 Å². The monoisotopic (exact) mass is 249 g/mol. The van der Waals surface area contributed by atoms with Gasteiger partial charge >= 0.3 is 0 Å². The van der Waals surface area contributed by atoms with Gasteiger partial charge in [-0.15, -0.1) is 22.7 Å². The van der Waals surface area contributed by atoms with E-state index in [1.165, 1.54) is 25.2 Å². The molecule has 0 fully saturated rings. The third-order valence-corrected chi connectivity index (χ3v) is 5.53. The maximum Gasteiger partial charge on any atom is 0.231 e. The van der Waals surface area contributed by atoms with Crippen LogP contribution in [0, 0.1) is 13.8 Å². The lowest BCUT2D eigenvalue weighted by Gasteiger charge is -1.98. The van der Waals surface area contributed by atoms with Crippen LogP contribution in [0.5, 0.6) is 5.88 Å². The molecule has 82 valence electrons. The first-order valence-corrected chi connectivity index (χ1v) is 6.67. The van der Waals surface area contributed by atoms with E-state index >= 15 is 0 Å². The second-order valence-electron chi connectivity index (χ2n) is 3.74. The van der Waals surface area contributed by atoms with E-state index in [2.05, 4.69) is 24.9 Å². The molecule has 0 aliphatic rings. The van der Waals surface area contributed by atoms with Crippen LogP contribution in [-0.2, 0) is 0 Å². The van der Waals surface area contributed by atoms with E-state index < -0.39 is 0 Å². The minimum Gasteiger partial charge on any atom is -0.480 e. The minimum absolute atomic E-state index is 0.739. The molecule has 0 spiro atoms. The number of nitrogens with zero attached hydrogens (tertiary/aromatic N) is 1. The first-order valence-electron chi connectivity index (χ1n) is 5.03. The molecular weight excluding hydrogens is 238 g/mol. The van der Waals surface area contributed by atoms with Gasteiger partial charge in [0, 0.05) is 21.2 Å². The van der Waals surface area contributed by atoms with E-state index in [9.17, 15) is 0 Å². The van der Waals surface area contributed by atoms with Crippen molar-refractivity contribution < 1.29 is 4.74 Å². The molecule has 16 heavy (non-hydrogen) atoms. The number of aryl methyl sites for hydroxylation is 2. The molecule has 0 amide bonds. The van der Waals surface area contributed by atoms with Crippen LogP contribution in [0.1, 0.15) is 10.4 Å². The van der Waals surface area contributed by atoms with Crippen molar-refractivity contribution in [3.8, 4) is 5.88 Å². The fraction of sp³-hybridized carbons (Fsp3) is 0.250. The zero-order chi connectivity index (χ0) is 11.3. The number of methoxy groups -OCH3 is 1. The smallest absolute Gasteiger partial charge is 0.231 e. The summed E-state index contributed by atoms with van der Waals surface area (Å²) in [4.78, 5) is 5.65. The molecular formula is C12H11NOS2. The fourth-order valence-electron chi connectivity index (χ4n) is 1.86. The zero-order valence-corrected chi connectivity index (χ0v) is 11.0. The van der Waals surface area contributed by atoms with Crippen molar-refractivity contribution in [1.29, 1.82) is 0 Å². The van der Waals surface area contributed by atoms with E-state index in [1.54, 1.807) is 18.4 Å². The molecule has 0 N–H and O–H groups in total. The van der Waals surface area contributed by atoms with Gasteiger partial charge in [-0.3, -0.25) is 0 Å². The van der Waals surface area contributed by atoms with Crippen LogP contribution in [0.25, 0.3) is 19.5 Å². The maximum atomic E-state index is 5.30. The quantitative estimate of drug-likeness (QED) is 0.646. The standard InChI is InChI=1S/C12H11NOS2/c1-6-7(2)15-10-8-4-5-13-12(14-3)11(8)16-9(6)10/h4-5H,1-3H3. The molecule has 0 unspecified atom stereocenters. The molecule has 3 heterocycles. The molecule has 2 nitrogen and oxygen atoms in total. The third-order valence-electron chi connectivity index (χ3n) is 2.84. The predicted octanol–water partition coefficient (Wildman–Crippen LogP) is 4.14. The van der Waals surface area contributed by atoms with Gasteiger partial charge in [-0.2, -0.15) is 0 Å². The van der Waals surface area contributed by atoms with E-state index in [1.807, 2.05) is 17.5 Å². The summed E-state index contributed by atoms with van der Waals surface area (Å²) < 4.78 is 9.21. The summed E-state index contributed by atoms with van der Waals surface area (Å²) in [5.41, 5.74) is 1.39. The Hall–Kier alpha value is -1.13. The lowest BCUT2D eigenvalue weighted by Crippen LogP contribution is -1.85. The summed E-state index contributed by atoms with van der Waals surface area (Å²) >= 11 is 3.64. The zero-order valence-electron chi connectivity index (χ0n) is 9.33. The summed E-state index contributed by atoms with van der Waals surface area (Å²) in [6.45, 7) is 4.36. The Morgan fingerprint density at radius 2 is 1.94 bits per heavy atom. The van der Waals surface area contributed by atoms with E-state index in [0.717, 1.165) is 10.6 Å². The van der Waals surface area contributed by atoms with Gasteiger partial charge in [0.25, 0.3) is 0 Å². The molecule has 0 radical (unpaired) electrons. The summed E-state index contributed by atoms with van der Waals surface area (Å²) in [7, 11) is 1.67. The van der Waals surface area contributed by atoms with Crippen LogP contribution < -0.4 is 4.74 Å². The number of aromatic nitrogens is 1. The van der Waals surface area contributed by atoms with Crippen molar-refractivity contribution in [2.45, 2.75) is 13.8 Å². The summed E-state index contributed by atoms with van der Waals surface area (Å²) in [6.07, 6.45) is 1.82. The number of fused-ring (bicyclic) bond motifs is 3. The van der Waals surface area contributed by atoms with Gasteiger partial charge in [-0.05, 0) is 25.5 Å². The van der Waals surface area contributed by atoms with Crippen molar-refractivity contribution in [2.75, 3.05) is 7.11 Å². The topological polar surface area (TPSA) is 22.1 Å². The minimum atomic E-state index is 0.739. The molecule has 0 bridgehead atoms. The van der Waals surface area contributed by atoms with Gasteiger partial charge in [0.05, 0.1) is 16.5 Å². The molecule has 3 aromatic heterocycles. The lowest BCUT2D eigenvalue weighted by molar-refractivity contribution is 0.404. The highest BCUT2D eigenvalue weighted by molar-refractivity contribution is 7.33. The highest BCUT2D eigenvalue weighted by atomic mass is 32.1. The Labute approximate surface area is 102 Å². The number of hydrogen-bond donors (Lipinski definition) is 0. The highest BCUT2D eigenvalue weighted by Gasteiger charge is 2.14. The Morgan fingerprint density at radius 3 is 2.69 bits per heavy atom. The highest BCUT2D eigenvalue weighted by Crippen LogP contribution is 2.44. The van der Waals surface area contributed by atoms with Gasteiger partial charge in [-0.1, -0.05) is 0 Å². The Morgan fingerprint density at radius 1 is 1.12 bits per heavy atom.